The average Bonchev–Trinajstić information content (AvgIpc) is 2.30. The SMILES string of the molecule is CC(C)c1cc(-c2ccccc2)ccn1. The van der Waals surface area contributed by atoms with Crippen molar-refractivity contribution >= 4 is 0 Å². The van der Waals surface area contributed by atoms with Crippen LogP contribution in [0.15, 0.2) is 48.7 Å². The Morgan fingerprint density at radius 3 is 2.33 bits per heavy atom. The molecule has 15 heavy (non-hydrogen) atoms. The third kappa shape index (κ3) is 2.24. The zero-order valence-electron chi connectivity index (χ0n) is 9.14. The Bertz CT molecular complexity index is 432. The van der Waals surface area contributed by atoms with Crippen LogP contribution in [0.3, 0.4) is 0 Å². The van der Waals surface area contributed by atoms with Crippen molar-refractivity contribution in [2.45, 2.75) is 19.8 Å². The number of nitrogens with zero attached hydrogens (tertiary/aromatic N) is 1. The standard InChI is InChI=1S/C14H15N/c1-11(2)14-10-13(8-9-15-14)12-6-4-3-5-7-12/h3-11H,1-2H3. The van der Waals surface area contributed by atoms with Gasteiger partial charge in [-0.3, -0.25) is 4.98 Å². The lowest BCUT2D eigenvalue weighted by molar-refractivity contribution is 0.823. The highest BCUT2D eigenvalue weighted by atomic mass is 14.7. The van der Waals surface area contributed by atoms with Crippen molar-refractivity contribution in [2.75, 3.05) is 0 Å². The summed E-state index contributed by atoms with van der Waals surface area (Å²) >= 11 is 0. The lowest BCUT2D eigenvalue weighted by Gasteiger charge is -2.06. The monoisotopic (exact) mass is 197 g/mol. The number of rotatable bonds is 2. The van der Waals surface area contributed by atoms with Gasteiger partial charge in [0.25, 0.3) is 0 Å². The second-order valence-corrected chi connectivity index (χ2v) is 3.99. The number of hydrogen-bond donors (Lipinski definition) is 0. The molecular weight excluding hydrogens is 182 g/mol. The van der Waals surface area contributed by atoms with Gasteiger partial charge in [-0.05, 0) is 29.2 Å². The van der Waals surface area contributed by atoms with Crippen molar-refractivity contribution in [2.24, 2.45) is 0 Å². The largest absolute Gasteiger partial charge is 0.261 e. The summed E-state index contributed by atoms with van der Waals surface area (Å²) in [5, 5.41) is 0. The van der Waals surface area contributed by atoms with Crippen molar-refractivity contribution in [3.63, 3.8) is 0 Å². The molecule has 0 aliphatic carbocycles. The molecule has 0 bridgehead atoms. The predicted molar refractivity (Wildman–Crippen MR) is 63.8 cm³/mol. The van der Waals surface area contributed by atoms with Crippen LogP contribution in [0.1, 0.15) is 25.5 Å². The van der Waals surface area contributed by atoms with Crippen molar-refractivity contribution in [3.8, 4) is 11.1 Å². The molecule has 0 atom stereocenters. The first kappa shape index (κ1) is 9.91. The van der Waals surface area contributed by atoms with E-state index >= 15 is 0 Å². The predicted octanol–water partition coefficient (Wildman–Crippen LogP) is 3.87. The fraction of sp³-hybridized carbons (Fsp3) is 0.214. The Labute approximate surface area is 90.8 Å². The summed E-state index contributed by atoms with van der Waals surface area (Å²) in [6, 6.07) is 14.6. The summed E-state index contributed by atoms with van der Waals surface area (Å²) < 4.78 is 0. The third-order valence-electron chi connectivity index (χ3n) is 2.48. The molecule has 0 spiro atoms. The molecule has 1 nitrogen and oxygen atoms in total. The Balaban J connectivity index is 2.42. The van der Waals surface area contributed by atoms with Gasteiger partial charge in [0.15, 0.2) is 0 Å². The average molecular weight is 197 g/mol. The van der Waals surface area contributed by atoms with Crippen LogP contribution in [0, 0.1) is 0 Å². The van der Waals surface area contributed by atoms with E-state index in [0.29, 0.717) is 5.92 Å². The van der Waals surface area contributed by atoms with Crippen LogP contribution in [-0.2, 0) is 0 Å². The Hall–Kier alpha value is -1.63. The van der Waals surface area contributed by atoms with E-state index in [1.807, 2.05) is 12.3 Å². The van der Waals surface area contributed by atoms with Gasteiger partial charge in [0.1, 0.15) is 0 Å². The van der Waals surface area contributed by atoms with E-state index in [4.69, 9.17) is 0 Å². The Kier molecular flexibility index (Phi) is 2.82. The van der Waals surface area contributed by atoms with E-state index < -0.39 is 0 Å². The van der Waals surface area contributed by atoms with Gasteiger partial charge >= 0.3 is 0 Å². The molecule has 2 rings (SSSR count). The van der Waals surface area contributed by atoms with E-state index in [9.17, 15) is 0 Å². The summed E-state index contributed by atoms with van der Waals surface area (Å²) in [5.74, 6) is 0.480. The van der Waals surface area contributed by atoms with Crippen molar-refractivity contribution in [1.82, 2.24) is 4.98 Å². The number of pyridine rings is 1. The highest BCUT2D eigenvalue weighted by Gasteiger charge is 2.02. The first-order valence-electron chi connectivity index (χ1n) is 5.29. The lowest BCUT2D eigenvalue weighted by Crippen LogP contribution is -1.92. The van der Waals surface area contributed by atoms with Crippen molar-refractivity contribution in [1.29, 1.82) is 0 Å². The molecule has 0 saturated carbocycles. The molecule has 0 radical (unpaired) electrons. The Morgan fingerprint density at radius 1 is 0.933 bits per heavy atom. The smallest absolute Gasteiger partial charge is 0.0435 e. The molecule has 0 N–H and O–H groups in total. The topological polar surface area (TPSA) is 12.9 Å². The molecule has 1 aromatic carbocycles. The molecule has 0 saturated heterocycles. The molecule has 1 heteroatoms. The zero-order valence-corrected chi connectivity index (χ0v) is 9.14. The molecule has 2 aromatic rings. The van der Waals surface area contributed by atoms with Crippen LogP contribution >= 0.6 is 0 Å². The minimum Gasteiger partial charge on any atom is -0.261 e. The second kappa shape index (κ2) is 4.26. The quantitative estimate of drug-likeness (QED) is 0.712. The van der Waals surface area contributed by atoms with Gasteiger partial charge in [0.05, 0.1) is 0 Å². The van der Waals surface area contributed by atoms with E-state index in [2.05, 4.69) is 55.2 Å². The maximum atomic E-state index is 4.36. The van der Waals surface area contributed by atoms with Crippen LogP contribution < -0.4 is 0 Å². The molecule has 0 amide bonds. The van der Waals surface area contributed by atoms with Crippen molar-refractivity contribution < 1.29 is 0 Å². The molecule has 0 fully saturated rings. The molecular formula is C14H15N. The maximum absolute atomic E-state index is 4.36. The Morgan fingerprint density at radius 2 is 1.67 bits per heavy atom. The number of hydrogen-bond acceptors (Lipinski definition) is 1. The van der Waals surface area contributed by atoms with Gasteiger partial charge in [-0.1, -0.05) is 44.2 Å². The fourth-order valence-electron chi connectivity index (χ4n) is 1.57. The molecule has 0 aliphatic rings. The van der Waals surface area contributed by atoms with Crippen LogP contribution in [0.2, 0.25) is 0 Å². The summed E-state index contributed by atoms with van der Waals surface area (Å²) in [7, 11) is 0. The second-order valence-electron chi connectivity index (χ2n) is 3.99. The van der Waals surface area contributed by atoms with Crippen LogP contribution in [0.5, 0.6) is 0 Å². The number of aromatic nitrogens is 1. The first-order chi connectivity index (χ1) is 7.27. The molecule has 1 heterocycles. The molecule has 1 aromatic heterocycles. The normalized spacial score (nSPS) is 10.6. The fourth-order valence-corrected chi connectivity index (χ4v) is 1.57. The van der Waals surface area contributed by atoms with E-state index in [0.717, 1.165) is 5.69 Å². The minimum atomic E-state index is 0.480. The van der Waals surface area contributed by atoms with Gasteiger partial charge in [-0.2, -0.15) is 0 Å². The summed E-state index contributed by atoms with van der Waals surface area (Å²) in [4.78, 5) is 4.36. The van der Waals surface area contributed by atoms with E-state index in [1.54, 1.807) is 0 Å². The van der Waals surface area contributed by atoms with Crippen LogP contribution in [0.4, 0.5) is 0 Å². The minimum absolute atomic E-state index is 0.480. The van der Waals surface area contributed by atoms with E-state index in [-0.39, 0.29) is 0 Å². The molecule has 0 aliphatic heterocycles. The van der Waals surface area contributed by atoms with Gasteiger partial charge in [-0.15, -0.1) is 0 Å². The third-order valence-corrected chi connectivity index (χ3v) is 2.48. The number of benzene rings is 1. The summed E-state index contributed by atoms with van der Waals surface area (Å²) in [6.45, 7) is 4.33. The molecule has 0 unspecified atom stereocenters. The highest BCUT2D eigenvalue weighted by molar-refractivity contribution is 5.63. The molecule has 76 valence electrons. The van der Waals surface area contributed by atoms with Gasteiger partial charge in [-0.25, -0.2) is 0 Å². The van der Waals surface area contributed by atoms with E-state index in [1.165, 1.54) is 11.1 Å². The van der Waals surface area contributed by atoms with Crippen LogP contribution in [-0.4, -0.2) is 4.98 Å². The zero-order chi connectivity index (χ0) is 10.7. The summed E-state index contributed by atoms with van der Waals surface area (Å²) in [5.41, 5.74) is 3.65. The first-order valence-corrected chi connectivity index (χ1v) is 5.29. The van der Waals surface area contributed by atoms with Gasteiger partial charge in [0, 0.05) is 11.9 Å². The van der Waals surface area contributed by atoms with Gasteiger partial charge in [0.2, 0.25) is 0 Å². The van der Waals surface area contributed by atoms with Gasteiger partial charge < -0.3 is 0 Å². The lowest BCUT2D eigenvalue weighted by atomic mass is 10.0. The highest BCUT2D eigenvalue weighted by Crippen LogP contribution is 2.21. The van der Waals surface area contributed by atoms with Crippen molar-refractivity contribution in [3.05, 3.63) is 54.4 Å². The maximum Gasteiger partial charge on any atom is 0.0435 e. The van der Waals surface area contributed by atoms with Crippen LogP contribution in [0.25, 0.3) is 11.1 Å². The summed E-state index contributed by atoms with van der Waals surface area (Å²) in [6.07, 6.45) is 1.89.